The highest BCUT2D eigenvalue weighted by molar-refractivity contribution is 6.35. The lowest BCUT2D eigenvalue weighted by Crippen LogP contribution is -2.41. The zero-order valence-electron chi connectivity index (χ0n) is 9.89. The van der Waals surface area contributed by atoms with Crippen molar-refractivity contribution < 1.29 is 19.1 Å². The lowest BCUT2D eigenvalue weighted by molar-refractivity contribution is -0.139. The quantitative estimate of drug-likeness (QED) is 0.648. The van der Waals surface area contributed by atoms with Crippen LogP contribution in [-0.4, -0.2) is 29.5 Å². The molecule has 1 aliphatic rings. The molecule has 1 atom stereocenters. The molecule has 2 rings (SSSR count). The van der Waals surface area contributed by atoms with Gasteiger partial charge in [0.1, 0.15) is 0 Å². The summed E-state index contributed by atoms with van der Waals surface area (Å²) in [7, 11) is 0. The van der Waals surface area contributed by atoms with Crippen LogP contribution in [0.4, 0.5) is 0 Å². The number of rotatable bonds is 5. The van der Waals surface area contributed by atoms with Gasteiger partial charge in [0.2, 0.25) is 0 Å². The Balaban J connectivity index is 1.65. The highest BCUT2D eigenvalue weighted by atomic mass is 16.3. The van der Waals surface area contributed by atoms with E-state index in [1.165, 1.54) is 12.5 Å². The number of amides is 2. The lowest BCUT2D eigenvalue weighted by Gasteiger charge is -2.09. The summed E-state index contributed by atoms with van der Waals surface area (Å²) in [6, 6.07) is 1.83. The molecule has 1 unspecified atom stereocenters. The van der Waals surface area contributed by atoms with Gasteiger partial charge in [-0.2, -0.15) is 0 Å². The fourth-order valence-corrected chi connectivity index (χ4v) is 1.51. The van der Waals surface area contributed by atoms with E-state index in [4.69, 9.17) is 4.42 Å². The van der Waals surface area contributed by atoms with Gasteiger partial charge in [-0.3, -0.25) is 9.59 Å². The van der Waals surface area contributed by atoms with Crippen LogP contribution >= 0.6 is 0 Å². The first-order valence-corrected chi connectivity index (χ1v) is 5.95. The molecular formula is C12H16N2O4. The van der Waals surface area contributed by atoms with Crippen molar-refractivity contribution in [3.8, 4) is 0 Å². The molecule has 1 saturated carbocycles. The Labute approximate surface area is 104 Å². The first kappa shape index (κ1) is 12.6. The fourth-order valence-electron chi connectivity index (χ4n) is 1.51. The average molecular weight is 252 g/mol. The number of carbonyl (C=O) groups is 2. The van der Waals surface area contributed by atoms with E-state index in [0.29, 0.717) is 12.0 Å². The van der Waals surface area contributed by atoms with E-state index >= 15 is 0 Å². The van der Waals surface area contributed by atoms with E-state index in [1.54, 1.807) is 6.07 Å². The second-order valence-electron chi connectivity index (χ2n) is 4.36. The standard InChI is InChI=1S/C12H16N2O4/c15-10(8-4-6-18-7-8)3-5-13-11(16)12(17)14-9-1-2-9/h4,6-7,9-10,15H,1-3,5H2,(H,13,16)(H,14,17). The van der Waals surface area contributed by atoms with Crippen LogP contribution in [0.3, 0.4) is 0 Å². The van der Waals surface area contributed by atoms with Crippen molar-refractivity contribution in [2.45, 2.75) is 31.4 Å². The predicted molar refractivity (Wildman–Crippen MR) is 62.5 cm³/mol. The Morgan fingerprint density at radius 3 is 2.83 bits per heavy atom. The number of nitrogens with one attached hydrogen (secondary N) is 2. The summed E-state index contributed by atoms with van der Waals surface area (Å²) < 4.78 is 4.84. The summed E-state index contributed by atoms with van der Waals surface area (Å²) in [4.78, 5) is 22.6. The van der Waals surface area contributed by atoms with Crippen molar-refractivity contribution in [3.05, 3.63) is 24.2 Å². The number of furan rings is 1. The largest absolute Gasteiger partial charge is 0.472 e. The number of carbonyl (C=O) groups excluding carboxylic acids is 2. The van der Waals surface area contributed by atoms with Crippen LogP contribution in [0.2, 0.25) is 0 Å². The molecule has 1 fully saturated rings. The molecule has 0 saturated heterocycles. The molecule has 2 amide bonds. The molecule has 1 aromatic rings. The molecule has 1 heterocycles. The van der Waals surface area contributed by atoms with Gasteiger partial charge in [-0.25, -0.2) is 0 Å². The zero-order valence-corrected chi connectivity index (χ0v) is 9.89. The Bertz CT molecular complexity index is 412. The molecule has 0 radical (unpaired) electrons. The third-order valence-corrected chi connectivity index (χ3v) is 2.75. The summed E-state index contributed by atoms with van der Waals surface area (Å²) in [6.45, 7) is 0.239. The molecule has 0 aliphatic heterocycles. The van der Waals surface area contributed by atoms with Gasteiger partial charge in [0, 0.05) is 18.2 Å². The van der Waals surface area contributed by atoms with Crippen molar-refractivity contribution in [2.75, 3.05) is 6.54 Å². The lowest BCUT2D eigenvalue weighted by atomic mass is 10.1. The molecule has 0 spiro atoms. The minimum absolute atomic E-state index is 0.166. The Hall–Kier alpha value is -1.82. The Morgan fingerprint density at radius 1 is 1.44 bits per heavy atom. The first-order chi connectivity index (χ1) is 8.66. The molecule has 0 bridgehead atoms. The van der Waals surface area contributed by atoms with Crippen LogP contribution in [0.25, 0.3) is 0 Å². The third-order valence-electron chi connectivity index (χ3n) is 2.75. The van der Waals surface area contributed by atoms with E-state index in [1.807, 2.05) is 0 Å². The smallest absolute Gasteiger partial charge is 0.309 e. The number of hydrogen-bond donors (Lipinski definition) is 3. The SMILES string of the molecule is O=C(NCCC(O)c1ccoc1)C(=O)NC1CC1. The number of aliphatic hydroxyl groups excluding tert-OH is 1. The highest BCUT2D eigenvalue weighted by Gasteiger charge is 2.26. The highest BCUT2D eigenvalue weighted by Crippen LogP contribution is 2.18. The second-order valence-corrected chi connectivity index (χ2v) is 4.36. The molecule has 1 aromatic heterocycles. The van der Waals surface area contributed by atoms with Crippen LogP contribution in [0.5, 0.6) is 0 Å². The van der Waals surface area contributed by atoms with E-state index in [2.05, 4.69) is 10.6 Å². The first-order valence-electron chi connectivity index (χ1n) is 5.95. The van der Waals surface area contributed by atoms with E-state index in [9.17, 15) is 14.7 Å². The van der Waals surface area contributed by atoms with Gasteiger partial charge < -0.3 is 20.2 Å². The third kappa shape index (κ3) is 3.59. The normalized spacial score (nSPS) is 16.1. The average Bonchev–Trinajstić information content (AvgIpc) is 2.98. The summed E-state index contributed by atoms with van der Waals surface area (Å²) >= 11 is 0. The van der Waals surface area contributed by atoms with Gasteiger partial charge in [-0.1, -0.05) is 0 Å². The number of hydrogen-bond acceptors (Lipinski definition) is 4. The van der Waals surface area contributed by atoms with Crippen molar-refractivity contribution >= 4 is 11.8 Å². The van der Waals surface area contributed by atoms with Gasteiger partial charge in [0.15, 0.2) is 0 Å². The van der Waals surface area contributed by atoms with E-state index in [0.717, 1.165) is 12.8 Å². The minimum atomic E-state index is -0.699. The van der Waals surface area contributed by atoms with Gasteiger partial charge in [-0.15, -0.1) is 0 Å². The minimum Gasteiger partial charge on any atom is -0.472 e. The van der Waals surface area contributed by atoms with Crippen LogP contribution in [0.1, 0.15) is 30.9 Å². The zero-order chi connectivity index (χ0) is 13.0. The maximum absolute atomic E-state index is 11.4. The van der Waals surface area contributed by atoms with Gasteiger partial charge in [0.05, 0.1) is 18.6 Å². The van der Waals surface area contributed by atoms with E-state index in [-0.39, 0.29) is 12.6 Å². The molecule has 0 aromatic carbocycles. The second kappa shape index (κ2) is 5.68. The van der Waals surface area contributed by atoms with Crippen molar-refractivity contribution in [2.24, 2.45) is 0 Å². The summed E-state index contributed by atoms with van der Waals surface area (Å²) in [6.07, 6.45) is 4.45. The molecular weight excluding hydrogens is 236 g/mol. The number of aliphatic hydroxyl groups is 1. The van der Waals surface area contributed by atoms with Crippen LogP contribution in [0.15, 0.2) is 23.0 Å². The Kier molecular flexibility index (Phi) is 3.99. The maximum Gasteiger partial charge on any atom is 0.309 e. The fraction of sp³-hybridized carbons (Fsp3) is 0.500. The summed E-state index contributed by atoms with van der Waals surface area (Å²) in [5, 5.41) is 14.8. The monoisotopic (exact) mass is 252 g/mol. The molecule has 18 heavy (non-hydrogen) atoms. The van der Waals surface area contributed by atoms with Gasteiger partial charge in [-0.05, 0) is 25.3 Å². The molecule has 6 heteroatoms. The van der Waals surface area contributed by atoms with Gasteiger partial charge >= 0.3 is 11.8 Å². The summed E-state index contributed by atoms with van der Waals surface area (Å²) in [5.74, 6) is -1.25. The van der Waals surface area contributed by atoms with E-state index < -0.39 is 17.9 Å². The predicted octanol–water partition coefficient (Wildman–Crippen LogP) is 0.0979. The maximum atomic E-state index is 11.4. The van der Waals surface area contributed by atoms with Crippen molar-refractivity contribution in [3.63, 3.8) is 0 Å². The van der Waals surface area contributed by atoms with Crippen LogP contribution in [-0.2, 0) is 9.59 Å². The Morgan fingerprint density at radius 2 is 2.22 bits per heavy atom. The molecule has 1 aliphatic carbocycles. The van der Waals surface area contributed by atoms with Crippen LogP contribution in [0, 0.1) is 0 Å². The topological polar surface area (TPSA) is 91.6 Å². The molecule has 98 valence electrons. The molecule has 6 nitrogen and oxygen atoms in total. The van der Waals surface area contributed by atoms with Crippen molar-refractivity contribution in [1.29, 1.82) is 0 Å². The van der Waals surface area contributed by atoms with Gasteiger partial charge in [0.25, 0.3) is 0 Å². The summed E-state index contributed by atoms with van der Waals surface area (Å²) in [5.41, 5.74) is 0.659. The van der Waals surface area contributed by atoms with Crippen LogP contribution < -0.4 is 10.6 Å². The molecule has 3 N–H and O–H groups in total. The van der Waals surface area contributed by atoms with Crippen molar-refractivity contribution in [1.82, 2.24) is 10.6 Å².